The van der Waals surface area contributed by atoms with Gasteiger partial charge in [-0.15, -0.1) is 0 Å². The molecule has 2 heterocycles. The van der Waals surface area contributed by atoms with Gasteiger partial charge < -0.3 is 5.32 Å². The highest BCUT2D eigenvalue weighted by atomic mass is 32.2. The second-order valence-electron chi connectivity index (χ2n) is 5.55. The lowest BCUT2D eigenvalue weighted by Gasteiger charge is -2.35. The van der Waals surface area contributed by atoms with Crippen LogP contribution in [0.25, 0.3) is 0 Å². The number of hydrogen-bond acceptors (Lipinski definition) is 4. The van der Waals surface area contributed by atoms with Gasteiger partial charge in [0.25, 0.3) is 0 Å². The van der Waals surface area contributed by atoms with Gasteiger partial charge in [-0.1, -0.05) is 30.3 Å². The maximum Gasteiger partial charge on any atom is 0.221 e. The topological polar surface area (TPSA) is 53.2 Å². The maximum atomic E-state index is 11.8. The summed E-state index contributed by atoms with van der Waals surface area (Å²) < 4.78 is 0. The van der Waals surface area contributed by atoms with E-state index in [1.54, 1.807) is 0 Å². The Morgan fingerprint density at radius 1 is 1.25 bits per heavy atom. The zero-order valence-corrected chi connectivity index (χ0v) is 12.5. The molecule has 2 aliphatic rings. The summed E-state index contributed by atoms with van der Waals surface area (Å²) in [6, 6.07) is 10.8. The van der Waals surface area contributed by atoms with Crippen LogP contribution in [0.5, 0.6) is 0 Å². The van der Waals surface area contributed by atoms with Crippen LogP contribution in [-0.2, 0) is 4.79 Å². The van der Waals surface area contributed by atoms with E-state index in [1.165, 1.54) is 5.56 Å². The van der Waals surface area contributed by atoms with Crippen molar-refractivity contribution in [3.8, 4) is 0 Å². The second-order valence-corrected chi connectivity index (χ2v) is 6.53. The van der Waals surface area contributed by atoms with Crippen molar-refractivity contribution >= 4 is 17.7 Å². The lowest BCUT2D eigenvalue weighted by atomic mass is 9.76. The first kappa shape index (κ1) is 13.9. The minimum atomic E-state index is 0.0494. The lowest BCUT2D eigenvalue weighted by Crippen LogP contribution is -2.53. The van der Waals surface area contributed by atoms with Crippen LogP contribution < -0.4 is 16.2 Å². The summed E-state index contributed by atoms with van der Waals surface area (Å²) in [6.45, 7) is 0. The molecule has 2 saturated heterocycles. The molecule has 0 bridgehead atoms. The summed E-state index contributed by atoms with van der Waals surface area (Å²) in [5.74, 6) is 2.14. The SMILES string of the molecule is CSCCC1CC(=O)NC2NNC(c3ccccc3)C12. The van der Waals surface area contributed by atoms with Gasteiger partial charge in [-0.3, -0.25) is 4.79 Å². The zero-order valence-electron chi connectivity index (χ0n) is 11.6. The van der Waals surface area contributed by atoms with Crippen molar-refractivity contribution in [3.05, 3.63) is 35.9 Å². The molecule has 1 amide bonds. The van der Waals surface area contributed by atoms with Gasteiger partial charge in [0.1, 0.15) is 0 Å². The highest BCUT2D eigenvalue weighted by Crippen LogP contribution is 2.39. The fourth-order valence-electron chi connectivity index (χ4n) is 3.38. The Labute approximate surface area is 124 Å². The molecule has 0 saturated carbocycles. The van der Waals surface area contributed by atoms with Crippen LogP contribution in [0.15, 0.2) is 30.3 Å². The van der Waals surface area contributed by atoms with E-state index in [-0.39, 0.29) is 18.1 Å². The van der Waals surface area contributed by atoms with Crippen LogP contribution >= 0.6 is 11.8 Å². The summed E-state index contributed by atoms with van der Waals surface area (Å²) in [4.78, 5) is 11.8. The molecule has 4 nitrogen and oxygen atoms in total. The van der Waals surface area contributed by atoms with E-state index < -0.39 is 0 Å². The molecule has 20 heavy (non-hydrogen) atoms. The molecule has 1 aromatic rings. The first-order valence-corrected chi connectivity index (χ1v) is 8.53. The molecular weight excluding hydrogens is 270 g/mol. The number of carbonyl (C=O) groups excluding carboxylic acids is 1. The van der Waals surface area contributed by atoms with Gasteiger partial charge in [0, 0.05) is 12.3 Å². The van der Waals surface area contributed by atoms with Gasteiger partial charge in [-0.25, -0.2) is 10.9 Å². The summed E-state index contributed by atoms with van der Waals surface area (Å²) in [6.07, 6.45) is 3.92. The van der Waals surface area contributed by atoms with E-state index in [2.05, 4.69) is 46.7 Å². The van der Waals surface area contributed by atoms with Crippen molar-refractivity contribution in [2.75, 3.05) is 12.0 Å². The highest BCUT2D eigenvalue weighted by molar-refractivity contribution is 7.98. The van der Waals surface area contributed by atoms with Gasteiger partial charge in [-0.2, -0.15) is 11.8 Å². The molecule has 1 aromatic carbocycles. The number of nitrogens with one attached hydrogen (secondary N) is 3. The van der Waals surface area contributed by atoms with E-state index in [1.807, 2.05) is 17.8 Å². The van der Waals surface area contributed by atoms with E-state index in [0.29, 0.717) is 18.3 Å². The van der Waals surface area contributed by atoms with Crippen molar-refractivity contribution in [3.63, 3.8) is 0 Å². The van der Waals surface area contributed by atoms with Crippen LogP contribution in [0.4, 0.5) is 0 Å². The van der Waals surface area contributed by atoms with Crippen LogP contribution in [0.2, 0.25) is 0 Å². The lowest BCUT2D eigenvalue weighted by molar-refractivity contribution is -0.126. The van der Waals surface area contributed by atoms with E-state index in [9.17, 15) is 4.79 Å². The largest absolute Gasteiger partial charge is 0.339 e. The third-order valence-electron chi connectivity index (χ3n) is 4.32. The van der Waals surface area contributed by atoms with E-state index >= 15 is 0 Å². The van der Waals surface area contributed by atoms with Gasteiger partial charge in [0.15, 0.2) is 0 Å². The number of piperidine rings is 1. The molecule has 0 radical (unpaired) electrons. The molecular formula is C15H21N3OS. The van der Waals surface area contributed by atoms with Crippen LogP contribution in [0.3, 0.4) is 0 Å². The monoisotopic (exact) mass is 291 g/mol. The predicted octanol–water partition coefficient (Wildman–Crippen LogP) is 1.67. The second kappa shape index (κ2) is 6.16. The Morgan fingerprint density at radius 2 is 2.05 bits per heavy atom. The number of carbonyl (C=O) groups is 1. The number of benzene rings is 1. The minimum absolute atomic E-state index is 0.0494. The zero-order chi connectivity index (χ0) is 13.9. The molecule has 108 valence electrons. The molecule has 4 atom stereocenters. The van der Waals surface area contributed by atoms with Crippen molar-refractivity contribution in [1.82, 2.24) is 16.2 Å². The molecule has 3 rings (SSSR count). The average molecular weight is 291 g/mol. The predicted molar refractivity (Wildman–Crippen MR) is 82.0 cm³/mol. The maximum absolute atomic E-state index is 11.8. The number of hydrogen-bond donors (Lipinski definition) is 3. The van der Waals surface area contributed by atoms with Crippen molar-refractivity contribution in [1.29, 1.82) is 0 Å². The Kier molecular flexibility index (Phi) is 4.29. The van der Waals surface area contributed by atoms with Crippen molar-refractivity contribution in [2.45, 2.75) is 25.0 Å². The summed E-state index contributed by atoms with van der Waals surface area (Å²) in [7, 11) is 0. The van der Waals surface area contributed by atoms with Crippen molar-refractivity contribution < 1.29 is 4.79 Å². The first-order valence-electron chi connectivity index (χ1n) is 7.14. The molecule has 3 N–H and O–H groups in total. The smallest absolute Gasteiger partial charge is 0.221 e. The van der Waals surface area contributed by atoms with Crippen LogP contribution in [0.1, 0.15) is 24.4 Å². The fraction of sp³-hybridized carbons (Fsp3) is 0.533. The third kappa shape index (κ3) is 2.71. The standard InChI is InChI=1S/C15H21N3OS/c1-20-8-7-11-9-12(19)16-15-13(11)14(17-18-15)10-5-3-2-4-6-10/h2-6,11,13-15,17-18H,7-9H2,1H3,(H,16,19). The Morgan fingerprint density at radius 3 is 2.80 bits per heavy atom. The van der Waals surface area contributed by atoms with Gasteiger partial charge in [0.05, 0.1) is 12.2 Å². The average Bonchev–Trinajstić information content (AvgIpc) is 2.89. The molecule has 0 spiro atoms. The Hall–Kier alpha value is -1.04. The van der Waals surface area contributed by atoms with Crippen LogP contribution in [0, 0.1) is 11.8 Å². The molecule has 0 aliphatic carbocycles. The summed E-state index contributed by atoms with van der Waals surface area (Å²) >= 11 is 1.86. The number of hydrazine groups is 1. The number of thioether (sulfide) groups is 1. The van der Waals surface area contributed by atoms with Gasteiger partial charge in [0.2, 0.25) is 5.91 Å². The molecule has 5 heteroatoms. The number of rotatable bonds is 4. The normalized spacial score (nSPS) is 32.8. The third-order valence-corrected chi connectivity index (χ3v) is 4.97. The Balaban J connectivity index is 1.82. The van der Waals surface area contributed by atoms with Crippen molar-refractivity contribution in [2.24, 2.45) is 11.8 Å². The molecule has 2 fully saturated rings. The summed E-state index contributed by atoms with van der Waals surface area (Å²) in [5, 5.41) is 3.07. The van der Waals surface area contributed by atoms with Gasteiger partial charge in [-0.05, 0) is 29.9 Å². The molecule has 2 aliphatic heterocycles. The van der Waals surface area contributed by atoms with Gasteiger partial charge >= 0.3 is 0 Å². The number of fused-ring (bicyclic) bond motifs is 1. The minimum Gasteiger partial charge on any atom is -0.339 e. The summed E-state index contributed by atoms with van der Waals surface area (Å²) in [5.41, 5.74) is 7.92. The van der Waals surface area contributed by atoms with Crippen LogP contribution in [-0.4, -0.2) is 24.1 Å². The Bertz CT molecular complexity index is 467. The van der Waals surface area contributed by atoms with E-state index in [0.717, 1.165) is 12.2 Å². The fourth-order valence-corrected chi connectivity index (χ4v) is 3.92. The molecule has 0 aromatic heterocycles. The highest BCUT2D eigenvalue weighted by Gasteiger charge is 2.45. The quantitative estimate of drug-likeness (QED) is 0.790. The van der Waals surface area contributed by atoms with E-state index in [4.69, 9.17) is 0 Å². The first-order chi connectivity index (χ1) is 9.79. The molecule has 4 unspecified atom stereocenters. The number of amides is 1.